The minimum atomic E-state index is -0.660. The van der Waals surface area contributed by atoms with Crippen molar-refractivity contribution in [2.24, 2.45) is 0 Å². The van der Waals surface area contributed by atoms with Gasteiger partial charge in [0.15, 0.2) is 0 Å². The zero-order valence-electron chi connectivity index (χ0n) is 17.2. The number of carbonyl (C=O) groups excluding carboxylic acids is 2. The first-order chi connectivity index (χ1) is 14.2. The molecule has 8 heteroatoms. The van der Waals surface area contributed by atoms with Crippen molar-refractivity contribution in [3.05, 3.63) is 47.7 Å². The van der Waals surface area contributed by atoms with E-state index in [2.05, 4.69) is 21.7 Å². The first-order valence-electron chi connectivity index (χ1n) is 9.68. The second kappa shape index (κ2) is 8.82. The normalized spacial score (nSPS) is 13.1. The fraction of sp³-hybridized carbons (Fsp3) is 0.364. The summed E-state index contributed by atoms with van der Waals surface area (Å²) in [5.74, 6) is 1.01. The lowest BCUT2D eigenvalue weighted by molar-refractivity contribution is -0.115. The Balaban J connectivity index is 1.53. The number of benzene rings is 1. The lowest BCUT2D eigenvalue weighted by Crippen LogP contribution is -2.37. The Morgan fingerprint density at radius 3 is 2.60 bits per heavy atom. The molecule has 156 valence electrons. The molecule has 30 heavy (non-hydrogen) atoms. The molecule has 1 aromatic heterocycles. The number of hydrogen-bond acceptors (Lipinski definition) is 6. The van der Waals surface area contributed by atoms with Crippen LogP contribution in [0.3, 0.4) is 0 Å². The zero-order chi connectivity index (χ0) is 21.7. The van der Waals surface area contributed by atoms with Gasteiger partial charge in [-0.25, -0.2) is 9.78 Å². The van der Waals surface area contributed by atoms with E-state index in [-0.39, 0.29) is 6.54 Å². The van der Waals surface area contributed by atoms with Crippen molar-refractivity contribution in [3.8, 4) is 17.7 Å². The highest BCUT2D eigenvalue weighted by atomic mass is 16.6. The minimum absolute atomic E-state index is 0.220. The van der Waals surface area contributed by atoms with Gasteiger partial charge in [0.25, 0.3) is 0 Å². The van der Waals surface area contributed by atoms with Crippen LogP contribution in [0.15, 0.2) is 36.5 Å². The minimum Gasteiger partial charge on any atom is -0.444 e. The number of aromatic nitrogens is 1. The molecule has 8 nitrogen and oxygen atoms in total. The molecule has 1 aliphatic carbocycles. The number of nitriles is 1. The molecule has 2 aromatic rings. The molecular formula is C22H24N4O4. The predicted molar refractivity (Wildman–Crippen MR) is 110 cm³/mol. The van der Waals surface area contributed by atoms with Crippen LogP contribution in [0.2, 0.25) is 0 Å². The van der Waals surface area contributed by atoms with Gasteiger partial charge in [-0.3, -0.25) is 4.79 Å². The van der Waals surface area contributed by atoms with Crippen LogP contribution in [0.4, 0.5) is 10.5 Å². The number of anilines is 1. The molecule has 0 bridgehead atoms. The maximum absolute atomic E-state index is 12.0. The number of ether oxygens (including phenoxy) is 2. The molecule has 1 aliphatic rings. The van der Waals surface area contributed by atoms with Gasteiger partial charge in [0, 0.05) is 6.07 Å². The molecule has 0 unspecified atom stereocenters. The van der Waals surface area contributed by atoms with Gasteiger partial charge >= 0.3 is 6.09 Å². The second-order valence-electron chi connectivity index (χ2n) is 8.03. The summed E-state index contributed by atoms with van der Waals surface area (Å²) in [7, 11) is 0. The second-order valence-corrected chi connectivity index (χ2v) is 8.03. The van der Waals surface area contributed by atoms with Gasteiger partial charge in [-0.2, -0.15) is 5.26 Å². The Labute approximate surface area is 175 Å². The molecule has 0 spiro atoms. The first-order valence-corrected chi connectivity index (χ1v) is 9.68. The number of nitrogens with one attached hydrogen (secondary N) is 2. The molecule has 1 fully saturated rings. The van der Waals surface area contributed by atoms with Crippen LogP contribution in [0, 0.1) is 11.3 Å². The molecular weight excluding hydrogens is 384 g/mol. The van der Waals surface area contributed by atoms with Crippen LogP contribution in [-0.2, 0) is 9.53 Å². The summed E-state index contributed by atoms with van der Waals surface area (Å²) in [5, 5.41) is 14.3. The zero-order valence-corrected chi connectivity index (χ0v) is 17.2. The van der Waals surface area contributed by atoms with Gasteiger partial charge in [-0.15, -0.1) is 0 Å². The van der Waals surface area contributed by atoms with Crippen molar-refractivity contribution in [1.29, 1.82) is 5.26 Å². The number of rotatable bonds is 6. The lowest BCUT2D eigenvalue weighted by Gasteiger charge is -2.19. The fourth-order valence-electron chi connectivity index (χ4n) is 2.75. The van der Waals surface area contributed by atoms with E-state index in [9.17, 15) is 14.9 Å². The van der Waals surface area contributed by atoms with E-state index in [0.717, 1.165) is 18.4 Å². The maximum atomic E-state index is 12.0. The summed E-state index contributed by atoms with van der Waals surface area (Å²) in [6.45, 7) is 5.01. The monoisotopic (exact) mass is 408 g/mol. The summed E-state index contributed by atoms with van der Waals surface area (Å²) in [6, 6.07) is 10.9. The molecule has 0 atom stereocenters. The van der Waals surface area contributed by atoms with Crippen molar-refractivity contribution >= 4 is 17.7 Å². The number of pyridine rings is 1. The Hall–Kier alpha value is -3.60. The lowest BCUT2D eigenvalue weighted by atomic mass is 10.0. The summed E-state index contributed by atoms with van der Waals surface area (Å²) in [6.07, 6.45) is 2.99. The molecule has 1 heterocycles. The number of carbonyl (C=O) groups is 2. The average Bonchev–Trinajstić information content (AvgIpc) is 3.52. The fourth-order valence-corrected chi connectivity index (χ4v) is 2.75. The Morgan fingerprint density at radius 1 is 1.23 bits per heavy atom. The third-order valence-corrected chi connectivity index (χ3v) is 4.20. The summed E-state index contributed by atoms with van der Waals surface area (Å²) in [4.78, 5) is 27.7. The van der Waals surface area contributed by atoms with Gasteiger partial charge in [-0.05, 0) is 69.4 Å². The molecule has 1 aromatic carbocycles. The third-order valence-electron chi connectivity index (χ3n) is 4.20. The topological polar surface area (TPSA) is 113 Å². The molecule has 0 radical (unpaired) electrons. The smallest absolute Gasteiger partial charge is 0.408 e. The highest BCUT2D eigenvalue weighted by molar-refractivity contribution is 5.93. The van der Waals surface area contributed by atoms with E-state index in [1.807, 2.05) is 6.07 Å². The van der Waals surface area contributed by atoms with Crippen molar-refractivity contribution in [2.75, 3.05) is 11.9 Å². The van der Waals surface area contributed by atoms with E-state index in [1.54, 1.807) is 45.0 Å². The van der Waals surface area contributed by atoms with Crippen LogP contribution >= 0.6 is 0 Å². The molecule has 2 N–H and O–H groups in total. The first kappa shape index (κ1) is 21.1. The van der Waals surface area contributed by atoms with Crippen molar-refractivity contribution in [2.45, 2.75) is 45.1 Å². The molecule has 0 aliphatic heterocycles. The summed E-state index contributed by atoms with van der Waals surface area (Å²) in [5.41, 5.74) is 1.53. The van der Waals surface area contributed by atoms with E-state index < -0.39 is 17.6 Å². The van der Waals surface area contributed by atoms with Gasteiger partial charge in [0.2, 0.25) is 11.8 Å². The maximum Gasteiger partial charge on any atom is 0.408 e. The Kier molecular flexibility index (Phi) is 6.21. The largest absolute Gasteiger partial charge is 0.444 e. The van der Waals surface area contributed by atoms with Crippen molar-refractivity contribution in [1.82, 2.24) is 10.3 Å². The van der Waals surface area contributed by atoms with E-state index in [0.29, 0.717) is 28.8 Å². The number of hydrogen-bond donors (Lipinski definition) is 2. The highest BCUT2D eigenvalue weighted by Crippen LogP contribution is 2.43. The van der Waals surface area contributed by atoms with Crippen LogP contribution in [-0.4, -0.2) is 29.1 Å². The van der Waals surface area contributed by atoms with Gasteiger partial charge < -0.3 is 20.1 Å². The molecule has 1 saturated carbocycles. The van der Waals surface area contributed by atoms with Crippen LogP contribution in [0.25, 0.3) is 0 Å². The van der Waals surface area contributed by atoms with Crippen molar-refractivity contribution in [3.63, 3.8) is 0 Å². The van der Waals surface area contributed by atoms with E-state index in [4.69, 9.17) is 9.47 Å². The predicted octanol–water partition coefficient (Wildman–Crippen LogP) is 4.09. The third kappa shape index (κ3) is 6.21. The summed E-state index contributed by atoms with van der Waals surface area (Å²) >= 11 is 0. The standard InChI is InChI=1S/C22H24N4O4/c1-22(2,3)30-21(28)25-13-19(27)26-16-7-9-20(24-12-16)29-17-8-6-15(11-23)18(10-17)14-4-5-14/h6-10,12,14H,4-5,13H2,1-3H3,(H,25,28)(H,26,27). The SMILES string of the molecule is CC(C)(C)OC(=O)NCC(=O)Nc1ccc(Oc2ccc(C#N)c(C3CC3)c2)nc1. The molecule has 2 amide bonds. The molecule has 3 rings (SSSR count). The number of amides is 2. The van der Waals surface area contributed by atoms with Gasteiger partial charge in [0.1, 0.15) is 17.9 Å². The average molecular weight is 408 g/mol. The van der Waals surface area contributed by atoms with E-state index in [1.165, 1.54) is 6.20 Å². The number of nitrogens with zero attached hydrogens (tertiary/aromatic N) is 2. The van der Waals surface area contributed by atoms with Crippen LogP contribution in [0.1, 0.15) is 50.7 Å². The van der Waals surface area contributed by atoms with Crippen LogP contribution < -0.4 is 15.4 Å². The van der Waals surface area contributed by atoms with Gasteiger partial charge in [0.05, 0.1) is 23.5 Å². The summed E-state index contributed by atoms with van der Waals surface area (Å²) < 4.78 is 10.9. The van der Waals surface area contributed by atoms with Gasteiger partial charge in [-0.1, -0.05) is 0 Å². The van der Waals surface area contributed by atoms with E-state index >= 15 is 0 Å². The Bertz CT molecular complexity index is 970. The van der Waals surface area contributed by atoms with Crippen molar-refractivity contribution < 1.29 is 19.1 Å². The Morgan fingerprint density at radius 2 is 2.00 bits per heavy atom. The highest BCUT2D eigenvalue weighted by Gasteiger charge is 2.26. The number of alkyl carbamates (subject to hydrolysis) is 1. The molecule has 0 saturated heterocycles. The quantitative estimate of drug-likeness (QED) is 0.744. The van der Waals surface area contributed by atoms with Crippen LogP contribution in [0.5, 0.6) is 11.6 Å².